The number of esters is 1. The number of hydrogen-bond acceptors (Lipinski definition) is 3. The smallest absolute Gasteiger partial charge is 0.344 e. The molecule has 0 saturated carbocycles. The lowest BCUT2D eigenvalue weighted by Gasteiger charge is -2.05. The van der Waals surface area contributed by atoms with Crippen LogP contribution < -0.4 is 0 Å². The van der Waals surface area contributed by atoms with Crippen molar-refractivity contribution in [2.75, 3.05) is 7.11 Å². The maximum atomic E-state index is 11.8. The second-order valence-corrected chi connectivity index (χ2v) is 4.94. The molecule has 96 valence electrons. The van der Waals surface area contributed by atoms with Crippen molar-refractivity contribution in [3.63, 3.8) is 0 Å². The number of hydrogen-bond donors (Lipinski definition) is 0. The first-order chi connectivity index (χ1) is 9.29. The quantitative estimate of drug-likeness (QED) is 0.477. The van der Waals surface area contributed by atoms with Crippen molar-refractivity contribution >= 4 is 23.8 Å². The predicted molar refractivity (Wildman–Crippen MR) is 78.7 cm³/mol. The van der Waals surface area contributed by atoms with Crippen LogP contribution >= 0.6 is 11.8 Å². The van der Waals surface area contributed by atoms with Crippen LogP contribution in [0.5, 0.6) is 0 Å². The van der Waals surface area contributed by atoms with Gasteiger partial charge in [-0.1, -0.05) is 60.3 Å². The van der Waals surface area contributed by atoms with E-state index in [1.165, 1.54) is 18.9 Å². The van der Waals surface area contributed by atoms with Crippen LogP contribution in [0, 0.1) is 0 Å². The Morgan fingerprint density at radius 3 is 2.16 bits per heavy atom. The van der Waals surface area contributed by atoms with Crippen molar-refractivity contribution in [1.29, 1.82) is 0 Å². The molecule has 0 bridgehead atoms. The number of rotatable bonds is 4. The van der Waals surface area contributed by atoms with E-state index in [0.717, 1.165) is 10.5 Å². The van der Waals surface area contributed by atoms with Gasteiger partial charge in [0.15, 0.2) is 0 Å². The largest absolute Gasteiger partial charge is 0.465 e. The monoisotopic (exact) mass is 270 g/mol. The molecule has 0 saturated heterocycles. The van der Waals surface area contributed by atoms with Gasteiger partial charge in [-0.15, -0.1) is 0 Å². The summed E-state index contributed by atoms with van der Waals surface area (Å²) in [5.74, 6) is -0.322. The average Bonchev–Trinajstić information content (AvgIpc) is 2.48. The molecule has 2 aromatic rings. The Morgan fingerprint density at radius 1 is 1.00 bits per heavy atom. The van der Waals surface area contributed by atoms with Crippen LogP contribution in [0.4, 0.5) is 0 Å². The Hall–Kier alpha value is -2.00. The van der Waals surface area contributed by atoms with E-state index >= 15 is 0 Å². The van der Waals surface area contributed by atoms with Crippen LogP contribution in [-0.4, -0.2) is 13.1 Å². The molecule has 0 fully saturated rings. The van der Waals surface area contributed by atoms with Gasteiger partial charge < -0.3 is 4.74 Å². The third-order valence-corrected chi connectivity index (χ3v) is 3.47. The van der Waals surface area contributed by atoms with Gasteiger partial charge in [0.1, 0.15) is 0 Å². The highest BCUT2D eigenvalue weighted by molar-refractivity contribution is 8.04. The molecule has 0 aliphatic heterocycles. The van der Waals surface area contributed by atoms with Crippen LogP contribution in [0.15, 0.2) is 70.5 Å². The second kappa shape index (κ2) is 6.81. The topological polar surface area (TPSA) is 26.3 Å². The summed E-state index contributed by atoms with van der Waals surface area (Å²) in [6.45, 7) is 0. The van der Waals surface area contributed by atoms with Gasteiger partial charge in [-0.25, -0.2) is 4.79 Å². The van der Waals surface area contributed by atoms with Crippen molar-refractivity contribution in [2.24, 2.45) is 0 Å². The van der Waals surface area contributed by atoms with Gasteiger partial charge in [0.05, 0.1) is 12.0 Å². The fourth-order valence-electron chi connectivity index (χ4n) is 1.55. The van der Waals surface area contributed by atoms with Crippen LogP contribution in [0.3, 0.4) is 0 Å². The fourth-order valence-corrected chi connectivity index (χ4v) is 2.46. The van der Waals surface area contributed by atoms with Crippen LogP contribution in [0.25, 0.3) is 6.08 Å². The Morgan fingerprint density at radius 2 is 1.58 bits per heavy atom. The molecule has 0 aromatic heterocycles. The average molecular weight is 270 g/mol. The highest BCUT2D eigenvalue weighted by Crippen LogP contribution is 2.28. The zero-order valence-electron chi connectivity index (χ0n) is 10.6. The number of carbonyl (C=O) groups is 1. The SMILES string of the molecule is COC(=O)/C(=C\c1ccccc1)Sc1ccccc1. The molecule has 0 unspecified atom stereocenters. The normalized spacial score (nSPS) is 11.1. The summed E-state index contributed by atoms with van der Waals surface area (Å²) in [6, 6.07) is 19.5. The lowest BCUT2D eigenvalue weighted by Crippen LogP contribution is -2.01. The molecule has 0 aliphatic rings. The minimum absolute atomic E-state index is 0.322. The molecule has 0 N–H and O–H groups in total. The number of carbonyl (C=O) groups excluding carboxylic acids is 1. The van der Waals surface area contributed by atoms with Gasteiger partial charge in [0.25, 0.3) is 0 Å². The Balaban J connectivity index is 2.27. The third kappa shape index (κ3) is 4.00. The zero-order valence-corrected chi connectivity index (χ0v) is 11.4. The molecule has 0 heterocycles. The molecule has 0 amide bonds. The maximum Gasteiger partial charge on any atom is 0.344 e. The Labute approximate surface area is 117 Å². The Bertz CT molecular complexity index is 562. The number of thioether (sulfide) groups is 1. The lowest BCUT2D eigenvalue weighted by atomic mass is 10.2. The van der Waals surface area contributed by atoms with E-state index in [1.54, 1.807) is 0 Å². The van der Waals surface area contributed by atoms with Crippen molar-refractivity contribution in [3.05, 3.63) is 71.1 Å². The van der Waals surface area contributed by atoms with E-state index in [2.05, 4.69) is 0 Å². The van der Waals surface area contributed by atoms with E-state index in [0.29, 0.717) is 4.91 Å². The first kappa shape index (κ1) is 13.4. The molecule has 2 nitrogen and oxygen atoms in total. The molecule has 0 atom stereocenters. The first-order valence-electron chi connectivity index (χ1n) is 5.87. The van der Waals surface area contributed by atoms with E-state index in [-0.39, 0.29) is 5.97 Å². The number of ether oxygens (including phenoxy) is 1. The molecule has 2 rings (SSSR count). The van der Waals surface area contributed by atoms with Gasteiger partial charge in [0, 0.05) is 4.90 Å². The predicted octanol–water partition coefficient (Wildman–Crippen LogP) is 3.99. The molecule has 0 spiro atoms. The molecule has 3 heteroatoms. The molecule has 0 radical (unpaired) electrons. The summed E-state index contributed by atoms with van der Waals surface area (Å²) >= 11 is 1.40. The van der Waals surface area contributed by atoms with E-state index in [9.17, 15) is 4.79 Å². The summed E-state index contributed by atoms with van der Waals surface area (Å²) < 4.78 is 4.83. The van der Waals surface area contributed by atoms with E-state index < -0.39 is 0 Å². The minimum atomic E-state index is -0.322. The second-order valence-electron chi connectivity index (χ2n) is 3.83. The number of methoxy groups -OCH3 is 1. The van der Waals surface area contributed by atoms with Crippen LogP contribution in [-0.2, 0) is 9.53 Å². The van der Waals surface area contributed by atoms with Gasteiger partial charge >= 0.3 is 5.97 Å². The first-order valence-corrected chi connectivity index (χ1v) is 6.69. The summed E-state index contributed by atoms with van der Waals surface area (Å²) in [4.78, 5) is 13.4. The van der Waals surface area contributed by atoms with Crippen molar-refractivity contribution in [2.45, 2.75) is 4.90 Å². The van der Waals surface area contributed by atoms with Crippen molar-refractivity contribution in [1.82, 2.24) is 0 Å². The summed E-state index contributed by atoms with van der Waals surface area (Å²) in [5, 5.41) is 0. The summed E-state index contributed by atoms with van der Waals surface area (Å²) in [5.41, 5.74) is 0.978. The Kier molecular flexibility index (Phi) is 4.81. The van der Waals surface area contributed by atoms with Gasteiger partial charge in [-0.2, -0.15) is 0 Å². The fraction of sp³-hybridized carbons (Fsp3) is 0.0625. The molecular weight excluding hydrogens is 256 g/mol. The highest BCUT2D eigenvalue weighted by atomic mass is 32.2. The molecule has 19 heavy (non-hydrogen) atoms. The van der Waals surface area contributed by atoms with Gasteiger partial charge in [-0.05, 0) is 23.8 Å². The van der Waals surface area contributed by atoms with E-state index in [4.69, 9.17) is 4.74 Å². The molecule has 0 aliphatic carbocycles. The van der Waals surface area contributed by atoms with E-state index in [1.807, 2.05) is 66.7 Å². The van der Waals surface area contributed by atoms with Gasteiger partial charge in [0.2, 0.25) is 0 Å². The molecular formula is C16H14O2S. The zero-order chi connectivity index (χ0) is 13.5. The van der Waals surface area contributed by atoms with Crippen molar-refractivity contribution < 1.29 is 9.53 Å². The minimum Gasteiger partial charge on any atom is -0.465 e. The summed E-state index contributed by atoms with van der Waals surface area (Å²) in [6.07, 6.45) is 1.84. The van der Waals surface area contributed by atoms with Crippen LogP contribution in [0.2, 0.25) is 0 Å². The standard InChI is InChI=1S/C16H14O2S/c1-18-16(17)15(12-13-8-4-2-5-9-13)19-14-10-6-3-7-11-14/h2-12H,1H3/b15-12+. The third-order valence-electron chi connectivity index (χ3n) is 2.45. The lowest BCUT2D eigenvalue weighted by molar-refractivity contribution is -0.135. The number of benzene rings is 2. The highest BCUT2D eigenvalue weighted by Gasteiger charge is 2.11. The molecule has 2 aromatic carbocycles. The van der Waals surface area contributed by atoms with Crippen LogP contribution in [0.1, 0.15) is 5.56 Å². The van der Waals surface area contributed by atoms with Gasteiger partial charge in [-0.3, -0.25) is 0 Å². The summed E-state index contributed by atoms with van der Waals surface area (Å²) in [7, 11) is 1.40. The maximum absolute atomic E-state index is 11.8. The van der Waals surface area contributed by atoms with Crippen molar-refractivity contribution in [3.8, 4) is 0 Å².